The Balaban J connectivity index is 1.82. The summed E-state index contributed by atoms with van der Waals surface area (Å²) in [6.45, 7) is 11.2. The summed E-state index contributed by atoms with van der Waals surface area (Å²) >= 11 is 0. The minimum atomic E-state index is -0.323. The number of aryl methyl sites for hydroxylation is 2. The molecule has 2 aromatic carbocycles. The van der Waals surface area contributed by atoms with Crippen molar-refractivity contribution in [2.75, 3.05) is 31.6 Å². The molecule has 0 aliphatic carbocycles. The molecule has 1 unspecified atom stereocenters. The molecule has 0 fully saturated rings. The van der Waals surface area contributed by atoms with Gasteiger partial charge in [0, 0.05) is 29.9 Å². The summed E-state index contributed by atoms with van der Waals surface area (Å²) in [7, 11) is 1.96. The lowest BCUT2D eigenvalue weighted by Crippen LogP contribution is -3.09. The van der Waals surface area contributed by atoms with E-state index in [1.807, 2.05) is 19.2 Å². The predicted molar refractivity (Wildman–Crippen MR) is 117 cm³/mol. The van der Waals surface area contributed by atoms with Crippen molar-refractivity contribution in [1.29, 1.82) is 0 Å². The molecule has 2 rings (SSSR count). The summed E-state index contributed by atoms with van der Waals surface area (Å²) in [6.07, 6.45) is 0. The summed E-state index contributed by atoms with van der Waals surface area (Å²) < 4.78 is 0. The predicted octanol–water partition coefficient (Wildman–Crippen LogP) is 1.63. The van der Waals surface area contributed by atoms with Crippen molar-refractivity contribution in [2.24, 2.45) is 0 Å². The van der Waals surface area contributed by atoms with Gasteiger partial charge in [-0.15, -0.1) is 0 Å². The standard InChI is InChI=1S/C23H32N4O2/c1-6-27(7-2)21-12-10-19(11-13-21)23(29)25-24-22(28)16-26(5)15-20-9-8-17(3)14-18(20)4/h8-14H,6-7,15-16H2,1-5H3,(H,24,28)(H,25,29)/p+1. The summed E-state index contributed by atoms with van der Waals surface area (Å²) in [6, 6.07) is 13.7. The van der Waals surface area contributed by atoms with E-state index in [1.165, 1.54) is 16.7 Å². The fraction of sp³-hybridized carbons (Fsp3) is 0.391. The topological polar surface area (TPSA) is 65.9 Å². The van der Waals surface area contributed by atoms with E-state index in [1.54, 1.807) is 12.1 Å². The second kappa shape index (κ2) is 10.6. The zero-order chi connectivity index (χ0) is 21.4. The highest BCUT2D eigenvalue weighted by molar-refractivity contribution is 5.95. The van der Waals surface area contributed by atoms with Crippen LogP contribution in [-0.2, 0) is 11.3 Å². The third kappa shape index (κ3) is 6.61. The molecule has 1 atom stereocenters. The van der Waals surface area contributed by atoms with E-state index in [-0.39, 0.29) is 18.4 Å². The summed E-state index contributed by atoms with van der Waals surface area (Å²) in [4.78, 5) is 27.7. The van der Waals surface area contributed by atoms with E-state index in [4.69, 9.17) is 0 Å². The van der Waals surface area contributed by atoms with Gasteiger partial charge in [-0.2, -0.15) is 0 Å². The second-order valence-electron chi connectivity index (χ2n) is 7.46. The molecule has 29 heavy (non-hydrogen) atoms. The largest absolute Gasteiger partial charge is 0.372 e. The van der Waals surface area contributed by atoms with Gasteiger partial charge in [-0.1, -0.05) is 23.8 Å². The van der Waals surface area contributed by atoms with Crippen LogP contribution in [0.25, 0.3) is 0 Å². The van der Waals surface area contributed by atoms with Gasteiger partial charge in [-0.25, -0.2) is 0 Å². The number of carbonyl (C=O) groups excluding carboxylic acids is 2. The lowest BCUT2D eigenvalue weighted by molar-refractivity contribution is -0.885. The van der Waals surface area contributed by atoms with Gasteiger partial charge < -0.3 is 9.80 Å². The van der Waals surface area contributed by atoms with Crippen LogP contribution in [0.1, 0.15) is 40.9 Å². The number of amides is 2. The lowest BCUT2D eigenvalue weighted by atomic mass is 10.1. The van der Waals surface area contributed by atoms with Crippen molar-refractivity contribution in [3.63, 3.8) is 0 Å². The molecular weight excluding hydrogens is 364 g/mol. The molecule has 0 radical (unpaired) electrons. The number of hydrogen-bond donors (Lipinski definition) is 3. The number of carbonyl (C=O) groups is 2. The number of quaternary nitrogens is 1. The van der Waals surface area contributed by atoms with Gasteiger partial charge in [0.05, 0.1) is 7.05 Å². The number of nitrogens with one attached hydrogen (secondary N) is 3. The molecule has 0 aliphatic rings. The van der Waals surface area contributed by atoms with E-state index in [0.717, 1.165) is 30.2 Å². The molecule has 0 saturated carbocycles. The Bertz CT molecular complexity index is 829. The molecule has 6 heteroatoms. The minimum absolute atomic E-state index is 0.222. The zero-order valence-electron chi connectivity index (χ0n) is 18.1. The van der Waals surface area contributed by atoms with Crippen molar-refractivity contribution in [2.45, 2.75) is 34.2 Å². The van der Waals surface area contributed by atoms with Gasteiger partial charge in [0.15, 0.2) is 6.54 Å². The monoisotopic (exact) mass is 397 g/mol. The third-order valence-corrected chi connectivity index (χ3v) is 5.03. The van der Waals surface area contributed by atoms with Crippen LogP contribution in [0.15, 0.2) is 42.5 Å². The Hall–Kier alpha value is -2.86. The smallest absolute Gasteiger partial charge is 0.293 e. The Labute approximate surface area is 173 Å². The third-order valence-electron chi connectivity index (χ3n) is 5.03. The zero-order valence-corrected chi connectivity index (χ0v) is 18.1. The molecule has 0 saturated heterocycles. The Kier molecular flexibility index (Phi) is 8.21. The SMILES string of the molecule is CCN(CC)c1ccc(C(=O)NNC(=O)C[NH+](C)Cc2ccc(C)cc2C)cc1. The van der Waals surface area contributed by atoms with E-state index >= 15 is 0 Å². The van der Waals surface area contributed by atoms with Crippen LogP contribution in [0.2, 0.25) is 0 Å². The van der Waals surface area contributed by atoms with Gasteiger partial charge in [0.25, 0.3) is 11.8 Å². The molecule has 0 aliphatic heterocycles. The van der Waals surface area contributed by atoms with E-state index in [9.17, 15) is 9.59 Å². The molecule has 3 N–H and O–H groups in total. The van der Waals surface area contributed by atoms with Crippen molar-refractivity contribution in [3.05, 3.63) is 64.7 Å². The number of rotatable bonds is 8. The van der Waals surface area contributed by atoms with Gasteiger partial charge in [-0.3, -0.25) is 20.4 Å². The van der Waals surface area contributed by atoms with Crippen LogP contribution in [0, 0.1) is 13.8 Å². The molecule has 2 amide bonds. The van der Waals surface area contributed by atoms with E-state index in [0.29, 0.717) is 5.56 Å². The first-order chi connectivity index (χ1) is 13.8. The first-order valence-electron chi connectivity index (χ1n) is 10.2. The number of anilines is 1. The minimum Gasteiger partial charge on any atom is -0.372 e. The number of likely N-dealkylation sites (N-methyl/N-ethyl adjacent to an activating group) is 1. The molecule has 0 spiro atoms. The van der Waals surface area contributed by atoms with Crippen LogP contribution in [-0.4, -0.2) is 38.5 Å². The average molecular weight is 398 g/mol. The molecule has 6 nitrogen and oxygen atoms in total. The highest BCUT2D eigenvalue weighted by Gasteiger charge is 2.13. The lowest BCUT2D eigenvalue weighted by Gasteiger charge is -2.21. The quantitative estimate of drug-likeness (QED) is 0.593. The van der Waals surface area contributed by atoms with Gasteiger partial charge in [0.2, 0.25) is 0 Å². The van der Waals surface area contributed by atoms with Crippen LogP contribution in [0.5, 0.6) is 0 Å². The van der Waals surface area contributed by atoms with Crippen molar-refractivity contribution >= 4 is 17.5 Å². The maximum absolute atomic E-state index is 12.3. The Morgan fingerprint density at radius 2 is 1.62 bits per heavy atom. The van der Waals surface area contributed by atoms with Gasteiger partial charge in [0.1, 0.15) is 6.54 Å². The maximum Gasteiger partial charge on any atom is 0.293 e. The van der Waals surface area contributed by atoms with Crippen LogP contribution < -0.4 is 20.7 Å². The first-order valence-corrected chi connectivity index (χ1v) is 10.2. The highest BCUT2D eigenvalue weighted by atomic mass is 16.2. The van der Waals surface area contributed by atoms with Gasteiger partial charge in [-0.05, 0) is 57.5 Å². The number of benzene rings is 2. The van der Waals surface area contributed by atoms with Crippen molar-refractivity contribution < 1.29 is 14.5 Å². The van der Waals surface area contributed by atoms with E-state index in [2.05, 4.69) is 61.6 Å². The highest BCUT2D eigenvalue weighted by Crippen LogP contribution is 2.14. The second-order valence-corrected chi connectivity index (χ2v) is 7.46. The van der Waals surface area contributed by atoms with Crippen molar-refractivity contribution in [1.82, 2.24) is 10.9 Å². The van der Waals surface area contributed by atoms with Crippen molar-refractivity contribution in [3.8, 4) is 0 Å². The molecule has 0 heterocycles. The fourth-order valence-electron chi connectivity index (χ4n) is 3.36. The molecule has 0 bridgehead atoms. The summed E-state index contributed by atoms with van der Waals surface area (Å²) in [5, 5.41) is 0. The number of hydrazine groups is 1. The molecule has 156 valence electrons. The van der Waals surface area contributed by atoms with Crippen LogP contribution in [0.3, 0.4) is 0 Å². The Morgan fingerprint density at radius 1 is 0.966 bits per heavy atom. The molecule has 2 aromatic rings. The van der Waals surface area contributed by atoms with E-state index < -0.39 is 0 Å². The normalized spacial score (nSPS) is 11.6. The Morgan fingerprint density at radius 3 is 2.21 bits per heavy atom. The number of hydrogen-bond acceptors (Lipinski definition) is 3. The van der Waals surface area contributed by atoms with Crippen LogP contribution in [0.4, 0.5) is 5.69 Å². The molecule has 0 aromatic heterocycles. The maximum atomic E-state index is 12.3. The number of nitrogens with zero attached hydrogens (tertiary/aromatic N) is 1. The average Bonchev–Trinajstić information content (AvgIpc) is 2.69. The molecular formula is C23H33N4O2+. The summed E-state index contributed by atoms with van der Waals surface area (Å²) in [5.74, 6) is -0.545. The first kappa shape index (κ1) is 22.4. The fourth-order valence-corrected chi connectivity index (χ4v) is 3.36. The summed E-state index contributed by atoms with van der Waals surface area (Å²) in [5.41, 5.74) is 10.3. The van der Waals surface area contributed by atoms with Crippen LogP contribution >= 0.6 is 0 Å². The van der Waals surface area contributed by atoms with Gasteiger partial charge >= 0.3 is 0 Å².